The Morgan fingerprint density at radius 2 is 1.45 bits per heavy atom. The van der Waals surface area contributed by atoms with Gasteiger partial charge in [0.1, 0.15) is 0 Å². The molecular weight excluding hydrogens is 266 g/mol. The maximum absolute atomic E-state index is 2.46. The molecule has 1 aliphatic rings. The molecule has 6 rings (SSSR count). The van der Waals surface area contributed by atoms with Gasteiger partial charge in [-0.25, -0.2) is 0 Å². The van der Waals surface area contributed by atoms with Crippen LogP contribution in [0.1, 0.15) is 11.1 Å². The van der Waals surface area contributed by atoms with Gasteiger partial charge in [0, 0.05) is 22.8 Å². The molecule has 1 heteroatoms. The Bertz CT molecular complexity index is 1190. The van der Waals surface area contributed by atoms with E-state index in [-0.39, 0.29) is 0 Å². The molecule has 102 valence electrons. The quantitative estimate of drug-likeness (QED) is 0.357. The van der Waals surface area contributed by atoms with Gasteiger partial charge in [0.15, 0.2) is 0 Å². The van der Waals surface area contributed by atoms with E-state index in [1.54, 1.807) is 0 Å². The third-order valence-corrected chi connectivity index (χ3v) is 5.17. The second-order valence-corrected chi connectivity index (χ2v) is 6.21. The van der Waals surface area contributed by atoms with E-state index in [9.17, 15) is 0 Å². The Morgan fingerprint density at radius 3 is 2.41 bits per heavy atom. The van der Waals surface area contributed by atoms with E-state index in [0.29, 0.717) is 0 Å². The fourth-order valence-corrected chi connectivity index (χ4v) is 4.32. The van der Waals surface area contributed by atoms with Crippen molar-refractivity contribution >= 4 is 27.3 Å². The fraction of sp³-hybridized carbons (Fsp3) is 0.0476. The highest BCUT2D eigenvalue weighted by Gasteiger charge is 2.27. The predicted octanol–water partition coefficient (Wildman–Crippen LogP) is 5.25. The maximum atomic E-state index is 2.46. The lowest BCUT2D eigenvalue weighted by Crippen LogP contribution is -1.86. The lowest BCUT2D eigenvalue weighted by atomic mass is 10.0. The standard InChI is InChI=1S/C21H13N/c1-2-7-14-13(6-1)12-17-19-11-5-10-18-15-8-3-4-9-16(15)21(20(14)17)22(18)19/h1-11H,12H2. The van der Waals surface area contributed by atoms with Crippen LogP contribution in [-0.2, 0) is 6.42 Å². The smallest absolute Gasteiger partial charge is 0.0623 e. The molecule has 1 nitrogen and oxygen atoms in total. The largest absolute Gasteiger partial charge is 0.308 e. The third-order valence-electron chi connectivity index (χ3n) is 5.17. The molecule has 0 N–H and O–H groups in total. The highest BCUT2D eigenvalue weighted by Crippen LogP contribution is 2.47. The number of pyridine rings is 1. The molecule has 0 aliphatic heterocycles. The Morgan fingerprint density at radius 1 is 0.682 bits per heavy atom. The molecule has 0 amide bonds. The van der Waals surface area contributed by atoms with Crippen LogP contribution in [0.15, 0.2) is 66.7 Å². The van der Waals surface area contributed by atoms with Crippen LogP contribution in [0.2, 0.25) is 0 Å². The topological polar surface area (TPSA) is 4.41 Å². The molecular formula is C21H13N. The van der Waals surface area contributed by atoms with E-state index in [1.165, 1.54) is 49.6 Å². The minimum atomic E-state index is 1.06. The summed E-state index contributed by atoms with van der Waals surface area (Å²) in [5.74, 6) is 0. The van der Waals surface area contributed by atoms with E-state index in [1.807, 2.05) is 0 Å². The summed E-state index contributed by atoms with van der Waals surface area (Å²) in [7, 11) is 0. The molecule has 1 aliphatic carbocycles. The molecule has 0 radical (unpaired) electrons. The zero-order valence-corrected chi connectivity index (χ0v) is 12.0. The van der Waals surface area contributed by atoms with Gasteiger partial charge in [0.05, 0.1) is 16.6 Å². The van der Waals surface area contributed by atoms with Crippen LogP contribution in [0.5, 0.6) is 0 Å². The minimum Gasteiger partial charge on any atom is -0.308 e. The summed E-state index contributed by atoms with van der Waals surface area (Å²) in [4.78, 5) is 0. The van der Waals surface area contributed by atoms with Crippen LogP contribution in [0.3, 0.4) is 0 Å². The van der Waals surface area contributed by atoms with Gasteiger partial charge < -0.3 is 4.40 Å². The van der Waals surface area contributed by atoms with Crippen molar-refractivity contribution in [1.29, 1.82) is 0 Å². The number of hydrogen-bond acceptors (Lipinski definition) is 0. The van der Waals surface area contributed by atoms with Crippen LogP contribution in [0.4, 0.5) is 0 Å². The van der Waals surface area contributed by atoms with Crippen molar-refractivity contribution in [3.05, 3.63) is 77.9 Å². The van der Waals surface area contributed by atoms with Crippen LogP contribution < -0.4 is 0 Å². The van der Waals surface area contributed by atoms with Gasteiger partial charge in [-0.2, -0.15) is 0 Å². The summed E-state index contributed by atoms with van der Waals surface area (Å²) < 4.78 is 2.46. The molecule has 0 saturated heterocycles. The average molecular weight is 279 g/mol. The first-order valence-electron chi connectivity index (χ1n) is 7.78. The number of nitrogens with zero attached hydrogens (tertiary/aromatic N) is 1. The van der Waals surface area contributed by atoms with Crippen molar-refractivity contribution in [2.75, 3.05) is 0 Å². The molecule has 0 bridgehead atoms. The van der Waals surface area contributed by atoms with Gasteiger partial charge in [-0.05, 0) is 28.8 Å². The van der Waals surface area contributed by atoms with Crippen LogP contribution >= 0.6 is 0 Å². The van der Waals surface area contributed by atoms with Crippen LogP contribution in [0.25, 0.3) is 38.4 Å². The Hall–Kier alpha value is -2.80. The Kier molecular flexibility index (Phi) is 1.73. The van der Waals surface area contributed by atoms with Gasteiger partial charge in [-0.1, -0.05) is 54.6 Å². The molecule has 22 heavy (non-hydrogen) atoms. The average Bonchev–Trinajstić information content (AvgIpc) is 3.19. The van der Waals surface area contributed by atoms with E-state index in [4.69, 9.17) is 0 Å². The molecule has 0 spiro atoms. The highest BCUT2D eigenvalue weighted by atomic mass is 14.9. The second-order valence-electron chi connectivity index (χ2n) is 6.21. The zero-order chi connectivity index (χ0) is 14.3. The maximum Gasteiger partial charge on any atom is 0.0623 e. The summed E-state index contributed by atoms with van der Waals surface area (Å²) in [5, 5.41) is 2.73. The van der Waals surface area contributed by atoms with Crippen molar-refractivity contribution in [2.24, 2.45) is 0 Å². The van der Waals surface area contributed by atoms with E-state index in [0.717, 1.165) is 6.42 Å². The van der Waals surface area contributed by atoms with Crippen molar-refractivity contribution in [1.82, 2.24) is 4.40 Å². The SMILES string of the molecule is c1ccc2c(c1)Cc1c-2c2c3ccccc3c3cccc1n32. The van der Waals surface area contributed by atoms with Crippen molar-refractivity contribution in [3.63, 3.8) is 0 Å². The summed E-state index contributed by atoms with van der Waals surface area (Å²) in [6, 6.07) is 24.3. The third kappa shape index (κ3) is 1.06. The lowest BCUT2D eigenvalue weighted by Gasteiger charge is -2.01. The van der Waals surface area contributed by atoms with Gasteiger partial charge in [0.2, 0.25) is 0 Å². The van der Waals surface area contributed by atoms with E-state index < -0.39 is 0 Å². The van der Waals surface area contributed by atoms with Gasteiger partial charge >= 0.3 is 0 Å². The second kappa shape index (κ2) is 3.50. The molecule has 0 atom stereocenters. The monoisotopic (exact) mass is 279 g/mol. The molecule has 0 fully saturated rings. The minimum absolute atomic E-state index is 1.06. The first-order chi connectivity index (χ1) is 10.9. The summed E-state index contributed by atoms with van der Waals surface area (Å²) in [5.41, 5.74) is 9.91. The number of benzene rings is 2. The number of aromatic nitrogens is 1. The Labute approximate surface area is 127 Å². The first-order valence-corrected chi connectivity index (χ1v) is 7.78. The summed E-state index contributed by atoms with van der Waals surface area (Å²) in [6.45, 7) is 0. The number of fused-ring (bicyclic) bond motifs is 8. The predicted molar refractivity (Wildman–Crippen MR) is 91.8 cm³/mol. The summed E-state index contributed by atoms with van der Waals surface area (Å²) in [6.07, 6.45) is 1.06. The molecule has 5 aromatic rings. The highest BCUT2D eigenvalue weighted by molar-refractivity contribution is 6.17. The molecule has 3 aromatic heterocycles. The van der Waals surface area contributed by atoms with Crippen LogP contribution in [0, 0.1) is 0 Å². The molecule has 0 unspecified atom stereocenters. The summed E-state index contributed by atoms with van der Waals surface area (Å²) >= 11 is 0. The molecule has 2 aromatic carbocycles. The van der Waals surface area contributed by atoms with Crippen molar-refractivity contribution < 1.29 is 0 Å². The van der Waals surface area contributed by atoms with E-state index >= 15 is 0 Å². The molecule has 0 saturated carbocycles. The Balaban J connectivity index is 1.98. The first kappa shape index (κ1) is 10.9. The van der Waals surface area contributed by atoms with Gasteiger partial charge in [-0.3, -0.25) is 0 Å². The van der Waals surface area contributed by atoms with Crippen molar-refractivity contribution in [2.45, 2.75) is 6.42 Å². The number of hydrogen-bond donors (Lipinski definition) is 0. The molecule has 3 heterocycles. The van der Waals surface area contributed by atoms with Crippen molar-refractivity contribution in [3.8, 4) is 11.1 Å². The number of rotatable bonds is 0. The van der Waals surface area contributed by atoms with Crippen LogP contribution in [-0.4, -0.2) is 4.40 Å². The normalized spacial score (nSPS) is 13.3. The van der Waals surface area contributed by atoms with E-state index in [2.05, 4.69) is 71.1 Å². The van der Waals surface area contributed by atoms with Gasteiger partial charge in [0.25, 0.3) is 0 Å². The van der Waals surface area contributed by atoms with Gasteiger partial charge in [-0.15, -0.1) is 0 Å². The fourth-order valence-electron chi connectivity index (χ4n) is 4.32. The lowest BCUT2D eigenvalue weighted by molar-refractivity contribution is 1.25. The zero-order valence-electron chi connectivity index (χ0n) is 12.0.